The molecule has 0 amide bonds. The second-order valence-electron chi connectivity index (χ2n) is 3.97. The van der Waals surface area contributed by atoms with Crippen LogP contribution in [0.5, 0.6) is 0 Å². The maximum absolute atomic E-state index is 13.5. The Morgan fingerprint density at radius 1 is 1.29 bits per heavy atom. The summed E-state index contributed by atoms with van der Waals surface area (Å²) in [6.07, 6.45) is -0.594. The Morgan fingerprint density at radius 3 is 2.65 bits per heavy atom. The molecule has 17 heavy (non-hydrogen) atoms. The fourth-order valence-corrected chi connectivity index (χ4v) is 1.38. The third-order valence-electron chi connectivity index (χ3n) is 2.67. The Kier molecular flexibility index (Phi) is 3.19. The van der Waals surface area contributed by atoms with Crippen molar-refractivity contribution in [3.63, 3.8) is 0 Å². The summed E-state index contributed by atoms with van der Waals surface area (Å²) >= 11 is 0. The molecule has 2 unspecified atom stereocenters. The van der Waals surface area contributed by atoms with E-state index in [1.807, 2.05) is 0 Å². The Morgan fingerprint density at radius 2 is 2.00 bits per heavy atom. The van der Waals surface area contributed by atoms with E-state index in [1.165, 1.54) is 6.07 Å². The number of halogens is 1. The van der Waals surface area contributed by atoms with Gasteiger partial charge in [-0.05, 0) is 19.1 Å². The molecule has 0 radical (unpaired) electrons. The van der Waals surface area contributed by atoms with E-state index < -0.39 is 11.9 Å². The molecule has 4 nitrogen and oxygen atoms in total. The highest BCUT2D eigenvalue weighted by Crippen LogP contribution is 2.23. The van der Waals surface area contributed by atoms with Crippen molar-refractivity contribution in [1.29, 1.82) is 0 Å². The number of aliphatic hydroxyl groups is 1. The van der Waals surface area contributed by atoms with Crippen molar-refractivity contribution in [2.75, 3.05) is 0 Å². The molecule has 2 atom stereocenters. The van der Waals surface area contributed by atoms with Gasteiger partial charge in [-0.2, -0.15) is 4.98 Å². The zero-order valence-corrected chi connectivity index (χ0v) is 9.59. The number of hydrogen-bond donors (Lipinski definition) is 1. The largest absolute Gasteiger partial charge is 0.393 e. The van der Waals surface area contributed by atoms with Crippen LogP contribution in [0.15, 0.2) is 28.8 Å². The molecule has 1 aromatic heterocycles. The van der Waals surface area contributed by atoms with E-state index in [0.717, 1.165) is 0 Å². The van der Waals surface area contributed by atoms with E-state index in [-0.39, 0.29) is 11.7 Å². The average Bonchev–Trinajstić information content (AvgIpc) is 2.77. The Labute approximate surface area is 98.1 Å². The van der Waals surface area contributed by atoms with Gasteiger partial charge in [0.2, 0.25) is 11.7 Å². The van der Waals surface area contributed by atoms with Crippen molar-refractivity contribution < 1.29 is 14.0 Å². The van der Waals surface area contributed by atoms with Gasteiger partial charge in [-0.15, -0.1) is 0 Å². The Hall–Kier alpha value is -1.75. The van der Waals surface area contributed by atoms with Gasteiger partial charge in [0.05, 0.1) is 17.6 Å². The average molecular weight is 236 g/mol. The smallest absolute Gasteiger partial charge is 0.232 e. The molecule has 1 heterocycles. The van der Waals surface area contributed by atoms with Crippen LogP contribution in [-0.2, 0) is 0 Å². The lowest BCUT2D eigenvalue weighted by atomic mass is 10.1. The van der Waals surface area contributed by atoms with Crippen LogP contribution < -0.4 is 0 Å². The van der Waals surface area contributed by atoms with Crippen molar-refractivity contribution in [2.45, 2.75) is 25.9 Å². The fourth-order valence-electron chi connectivity index (χ4n) is 1.38. The number of benzene rings is 1. The molecule has 5 heteroatoms. The van der Waals surface area contributed by atoms with Crippen LogP contribution in [0.3, 0.4) is 0 Å². The van der Waals surface area contributed by atoms with Crippen LogP contribution in [0.1, 0.15) is 25.7 Å². The molecule has 90 valence electrons. The summed E-state index contributed by atoms with van der Waals surface area (Å²) in [6, 6.07) is 6.21. The molecular formula is C12H13FN2O2. The molecule has 0 spiro atoms. The molecule has 0 aliphatic rings. The first-order chi connectivity index (χ1) is 8.09. The second kappa shape index (κ2) is 4.63. The molecule has 0 saturated heterocycles. The summed E-state index contributed by atoms with van der Waals surface area (Å²) in [6.45, 7) is 3.40. The van der Waals surface area contributed by atoms with Crippen molar-refractivity contribution >= 4 is 0 Å². The van der Waals surface area contributed by atoms with E-state index in [1.54, 1.807) is 32.0 Å². The summed E-state index contributed by atoms with van der Waals surface area (Å²) in [7, 11) is 0. The first kappa shape index (κ1) is 11.7. The van der Waals surface area contributed by atoms with Crippen molar-refractivity contribution in [3.8, 4) is 11.4 Å². The summed E-state index contributed by atoms with van der Waals surface area (Å²) in [4.78, 5) is 4.08. The van der Waals surface area contributed by atoms with Crippen LogP contribution in [0.4, 0.5) is 4.39 Å². The minimum Gasteiger partial charge on any atom is -0.393 e. The zero-order valence-electron chi connectivity index (χ0n) is 9.59. The van der Waals surface area contributed by atoms with Gasteiger partial charge in [0.15, 0.2) is 0 Å². The van der Waals surface area contributed by atoms with Crippen LogP contribution >= 0.6 is 0 Å². The predicted octanol–water partition coefficient (Wildman–Crippen LogP) is 2.36. The van der Waals surface area contributed by atoms with Gasteiger partial charge < -0.3 is 9.63 Å². The maximum atomic E-state index is 13.5. The number of hydrogen-bond acceptors (Lipinski definition) is 4. The summed E-state index contributed by atoms with van der Waals surface area (Å²) < 4.78 is 18.5. The van der Waals surface area contributed by atoms with Crippen molar-refractivity contribution in [1.82, 2.24) is 10.1 Å². The Bertz CT molecular complexity index is 511. The lowest BCUT2D eigenvalue weighted by molar-refractivity contribution is 0.151. The molecule has 2 rings (SSSR count). The van der Waals surface area contributed by atoms with Gasteiger partial charge in [0, 0.05) is 0 Å². The summed E-state index contributed by atoms with van der Waals surface area (Å²) in [5.74, 6) is -0.170. The molecule has 0 bridgehead atoms. The first-order valence-corrected chi connectivity index (χ1v) is 5.36. The normalized spacial score (nSPS) is 14.6. The molecule has 1 N–H and O–H groups in total. The van der Waals surface area contributed by atoms with Crippen LogP contribution in [0, 0.1) is 5.82 Å². The van der Waals surface area contributed by atoms with Crippen molar-refractivity contribution in [3.05, 3.63) is 36.0 Å². The summed E-state index contributed by atoms with van der Waals surface area (Å²) in [5, 5.41) is 13.1. The van der Waals surface area contributed by atoms with E-state index >= 15 is 0 Å². The van der Waals surface area contributed by atoms with Crippen molar-refractivity contribution in [2.24, 2.45) is 0 Å². The van der Waals surface area contributed by atoms with Gasteiger partial charge in [0.25, 0.3) is 0 Å². The van der Waals surface area contributed by atoms with Gasteiger partial charge in [0.1, 0.15) is 5.82 Å². The number of rotatable bonds is 3. The van der Waals surface area contributed by atoms with E-state index in [4.69, 9.17) is 4.52 Å². The van der Waals surface area contributed by atoms with Gasteiger partial charge >= 0.3 is 0 Å². The predicted molar refractivity (Wildman–Crippen MR) is 59.8 cm³/mol. The van der Waals surface area contributed by atoms with E-state index in [0.29, 0.717) is 11.5 Å². The summed E-state index contributed by atoms with van der Waals surface area (Å²) in [5.41, 5.74) is 0.292. The minimum atomic E-state index is -0.594. The van der Waals surface area contributed by atoms with Crippen LogP contribution in [0.25, 0.3) is 11.4 Å². The number of aromatic nitrogens is 2. The van der Waals surface area contributed by atoms with Gasteiger partial charge in [-0.3, -0.25) is 0 Å². The van der Waals surface area contributed by atoms with Crippen LogP contribution in [0.2, 0.25) is 0 Å². The highest BCUT2D eigenvalue weighted by molar-refractivity contribution is 5.54. The molecule has 0 aliphatic heterocycles. The van der Waals surface area contributed by atoms with E-state index in [9.17, 15) is 9.50 Å². The molecule has 2 aromatic rings. The van der Waals surface area contributed by atoms with Gasteiger partial charge in [-0.1, -0.05) is 24.2 Å². The minimum absolute atomic E-state index is 0.200. The first-order valence-electron chi connectivity index (χ1n) is 5.36. The number of aliphatic hydroxyl groups excluding tert-OH is 1. The lowest BCUT2D eigenvalue weighted by Crippen LogP contribution is -2.11. The lowest BCUT2D eigenvalue weighted by Gasteiger charge is -2.07. The monoisotopic (exact) mass is 236 g/mol. The second-order valence-corrected chi connectivity index (χ2v) is 3.97. The zero-order chi connectivity index (χ0) is 12.4. The quantitative estimate of drug-likeness (QED) is 0.888. The molecule has 0 saturated carbocycles. The molecular weight excluding hydrogens is 223 g/mol. The maximum Gasteiger partial charge on any atom is 0.232 e. The number of nitrogens with zero attached hydrogens (tertiary/aromatic N) is 2. The highest BCUT2D eigenvalue weighted by Gasteiger charge is 2.20. The highest BCUT2D eigenvalue weighted by atomic mass is 19.1. The van der Waals surface area contributed by atoms with E-state index in [2.05, 4.69) is 10.1 Å². The Balaban J connectivity index is 2.34. The molecule has 0 fully saturated rings. The molecule has 1 aromatic carbocycles. The SMILES string of the molecule is CC(O)C(C)c1nc(-c2ccccc2F)no1. The van der Waals surface area contributed by atoms with Gasteiger partial charge in [-0.25, -0.2) is 4.39 Å². The van der Waals surface area contributed by atoms with Crippen LogP contribution in [-0.4, -0.2) is 21.4 Å². The fraction of sp³-hybridized carbons (Fsp3) is 0.333. The standard InChI is InChI=1S/C12H13FN2O2/c1-7(8(2)16)12-14-11(15-17-12)9-5-3-4-6-10(9)13/h3-8,16H,1-2H3. The topological polar surface area (TPSA) is 59.2 Å². The third-order valence-corrected chi connectivity index (χ3v) is 2.67. The molecule has 0 aliphatic carbocycles. The third kappa shape index (κ3) is 2.34.